The Morgan fingerprint density at radius 2 is 1.70 bits per heavy atom. The summed E-state index contributed by atoms with van der Waals surface area (Å²) in [5, 5.41) is 2.86. The SMILES string of the molecule is CN(C)c1nc2ccccc2n(CCC(=O)Nc2ccc(C(=O)N3CCCCC3)cc2)c1=O. The van der Waals surface area contributed by atoms with Crippen LogP contribution in [0, 0.1) is 0 Å². The molecule has 0 aliphatic carbocycles. The number of aryl methyl sites for hydroxylation is 1. The Morgan fingerprint density at radius 3 is 2.39 bits per heavy atom. The average Bonchev–Trinajstić information content (AvgIpc) is 2.83. The molecule has 1 fully saturated rings. The quantitative estimate of drug-likeness (QED) is 0.627. The highest BCUT2D eigenvalue weighted by Crippen LogP contribution is 2.17. The Balaban J connectivity index is 1.43. The number of nitrogens with one attached hydrogen (secondary N) is 1. The fourth-order valence-electron chi connectivity index (χ4n) is 4.10. The Hall–Kier alpha value is -3.68. The number of amides is 2. The summed E-state index contributed by atoms with van der Waals surface area (Å²) < 4.78 is 1.59. The van der Waals surface area contributed by atoms with Crippen LogP contribution >= 0.6 is 0 Å². The molecule has 0 bridgehead atoms. The zero-order valence-corrected chi connectivity index (χ0v) is 19.1. The zero-order valence-electron chi connectivity index (χ0n) is 19.1. The van der Waals surface area contributed by atoms with E-state index in [2.05, 4.69) is 10.3 Å². The van der Waals surface area contributed by atoms with E-state index < -0.39 is 0 Å². The summed E-state index contributed by atoms with van der Waals surface area (Å²) in [5.74, 6) is 0.167. The third-order valence-corrected chi connectivity index (χ3v) is 5.88. The normalized spacial score (nSPS) is 13.7. The highest BCUT2D eigenvalue weighted by molar-refractivity contribution is 5.96. The van der Waals surface area contributed by atoms with E-state index in [1.54, 1.807) is 47.8 Å². The van der Waals surface area contributed by atoms with Crippen LogP contribution in [-0.2, 0) is 11.3 Å². The highest BCUT2D eigenvalue weighted by Gasteiger charge is 2.18. The van der Waals surface area contributed by atoms with Gasteiger partial charge in [-0.25, -0.2) is 4.98 Å². The summed E-state index contributed by atoms with van der Waals surface area (Å²) in [6.45, 7) is 1.84. The number of benzene rings is 2. The minimum Gasteiger partial charge on any atom is -0.358 e. The number of rotatable bonds is 6. The van der Waals surface area contributed by atoms with Crippen molar-refractivity contribution >= 4 is 34.4 Å². The first-order valence-electron chi connectivity index (χ1n) is 11.3. The molecule has 172 valence electrons. The van der Waals surface area contributed by atoms with E-state index in [0.29, 0.717) is 28.1 Å². The Bertz CT molecular complexity index is 1210. The topological polar surface area (TPSA) is 87.5 Å². The van der Waals surface area contributed by atoms with Crippen LogP contribution < -0.4 is 15.8 Å². The lowest BCUT2D eigenvalue weighted by Gasteiger charge is -2.26. The van der Waals surface area contributed by atoms with Crippen LogP contribution in [0.3, 0.4) is 0 Å². The molecule has 2 aromatic carbocycles. The van der Waals surface area contributed by atoms with Crippen molar-refractivity contribution in [1.29, 1.82) is 0 Å². The number of carbonyl (C=O) groups is 2. The molecule has 1 saturated heterocycles. The second kappa shape index (κ2) is 9.85. The van der Waals surface area contributed by atoms with E-state index in [4.69, 9.17) is 0 Å². The van der Waals surface area contributed by atoms with Gasteiger partial charge in [0, 0.05) is 51.4 Å². The molecule has 1 aliphatic heterocycles. The van der Waals surface area contributed by atoms with Gasteiger partial charge in [0.15, 0.2) is 5.82 Å². The zero-order chi connectivity index (χ0) is 23.4. The maximum absolute atomic E-state index is 12.9. The van der Waals surface area contributed by atoms with E-state index in [0.717, 1.165) is 25.9 Å². The summed E-state index contributed by atoms with van der Waals surface area (Å²) in [6.07, 6.45) is 3.40. The van der Waals surface area contributed by atoms with E-state index in [9.17, 15) is 14.4 Å². The number of likely N-dealkylation sites (tertiary alicyclic amines) is 1. The third kappa shape index (κ3) is 5.05. The Morgan fingerprint density at radius 1 is 1.00 bits per heavy atom. The van der Waals surface area contributed by atoms with Crippen molar-refractivity contribution in [3.05, 3.63) is 64.4 Å². The minimum atomic E-state index is -0.230. The van der Waals surface area contributed by atoms with E-state index in [1.807, 2.05) is 29.2 Å². The van der Waals surface area contributed by atoms with Crippen molar-refractivity contribution in [3.8, 4) is 0 Å². The molecule has 0 unspecified atom stereocenters. The monoisotopic (exact) mass is 447 g/mol. The van der Waals surface area contributed by atoms with Gasteiger partial charge in [-0.3, -0.25) is 14.4 Å². The number of hydrogen-bond donors (Lipinski definition) is 1. The lowest BCUT2D eigenvalue weighted by atomic mass is 10.1. The van der Waals surface area contributed by atoms with Crippen LogP contribution in [0.5, 0.6) is 0 Å². The van der Waals surface area contributed by atoms with Crippen molar-refractivity contribution < 1.29 is 9.59 Å². The van der Waals surface area contributed by atoms with Crippen molar-refractivity contribution in [3.63, 3.8) is 0 Å². The number of anilines is 2. The van der Waals surface area contributed by atoms with Crippen LogP contribution in [0.25, 0.3) is 11.0 Å². The van der Waals surface area contributed by atoms with Crippen LogP contribution in [-0.4, -0.2) is 53.5 Å². The van der Waals surface area contributed by atoms with Crippen LogP contribution in [0.4, 0.5) is 11.5 Å². The fourth-order valence-corrected chi connectivity index (χ4v) is 4.10. The van der Waals surface area contributed by atoms with Gasteiger partial charge in [0.2, 0.25) is 5.91 Å². The number of piperidine rings is 1. The van der Waals surface area contributed by atoms with Gasteiger partial charge in [0.25, 0.3) is 11.5 Å². The van der Waals surface area contributed by atoms with Gasteiger partial charge in [-0.1, -0.05) is 12.1 Å². The summed E-state index contributed by atoms with van der Waals surface area (Å²) in [5.41, 5.74) is 2.42. The first-order chi connectivity index (χ1) is 15.9. The van der Waals surface area contributed by atoms with Gasteiger partial charge in [0.1, 0.15) is 0 Å². The molecule has 2 heterocycles. The highest BCUT2D eigenvalue weighted by atomic mass is 16.2. The summed E-state index contributed by atoms with van der Waals surface area (Å²) in [7, 11) is 3.55. The van der Waals surface area contributed by atoms with Gasteiger partial charge in [0.05, 0.1) is 11.0 Å². The second-order valence-corrected chi connectivity index (χ2v) is 8.50. The molecule has 0 spiro atoms. The largest absolute Gasteiger partial charge is 0.358 e. The van der Waals surface area contributed by atoms with Crippen LogP contribution in [0.2, 0.25) is 0 Å². The molecule has 0 saturated carbocycles. The number of para-hydroxylation sites is 2. The molecule has 2 amide bonds. The first-order valence-corrected chi connectivity index (χ1v) is 11.3. The summed E-state index contributed by atoms with van der Waals surface area (Å²) in [6, 6.07) is 14.4. The number of hydrogen-bond acceptors (Lipinski definition) is 5. The number of fused-ring (bicyclic) bond motifs is 1. The van der Waals surface area contributed by atoms with Gasteiger partial charge in [-0.05, 0) is 55.7 Å². The molecule has 33 heavy (non-hydrogen) atoms. The van der Waals surface area contributed by atoms with E-state index in [-0.39, 0.29) is 30.3 Å². The van der Waals surface area contributed by atoms with E-state index >= 15 is 0 Å². The van der Waals surface area contributed by atoms with Crippen LogP contribution in [0.1, 0.15) is 36.0 Å². The van der Waals surface area contributed by atoms with Crippen molar-refractivity contribution in [1.82, 2.24) is 14.5 Å². The van der Waals surface area contributed by atoms with Crippen molar-refractivity contribution in [2.24, 2.45) is 0 Å². The molecule has 8 nitrogen and oxygen atoms in total. The fraction of sp³-hybridized carbons (Fsp3) is 0.360. The molecule has 1 N–H and O–H groups in total. The van der Waals surface area contributed by atoms with E-state index in [1.165, 1.54) is 6.42 Å². The average molecular weight is 448 g/mol. The Kier molecular flexibility index (Phi) is 6.72. The number of nitrogens with zero attached hydrogens (tertiary/aromatic N) is 4. The number of carbonyl (C=O) groups excluding carboxylic acids is 2. The van der Waals surface area contributed by atoms with Gasteiger partial charge >= 0.3 is 0 Å². The molecule has 3 aromatic rings. The Labute approximate surface area is 192 Å². The van der Waals surface area contributed by atoms with Crippen molar-refractivity contribution in [2.45, 2.75) is 32.2 Å². The molecule has 1 aliphatic rings. The summed E-state index contributed by atoms with van der Waals surface area (Å²) >= 11 is 0. The first kappa shape index (κ1) is 22.5. The van der Waals surface area contributed by atoms with Gasteiger partial charge in [-0.2, -0.15) is 0 Å². The molecule has 4 rings (SSSR count). The smallest absolute Gasteiger partial charge is 0.293 e. The molecular formula is C25H29N5O3. The molecule has 8 heteroatoms. The van der Waals surface area contributed by atoms with Gasteiger partial charge < -0.3 is 19.7 Å². The maximum Gasteiger partial charge on any atom is 0.293 e. The lowest BCUT2D eigenvalue weighted by Crippen LogP contribution is -2.35. The summed E-state index contributed by atoms with van der Waals surface area (Å²) in [4.78, 5) is 46.1. The molecule has 0 atom stereocenters. The van der Waals surface area contributed by atoms with Crippen LogP contribution in [0.15, 0.2) is 53.3 Å². The maximum atomic E-state index is 12.9. The van der Waals surface area contributed by atoms with Crippen molar-refractivity contribution in [2.75, 3.05) is 37.4 Å². The molecule has 1 aromatic heterocycles. The number of aromatic nitrogens is 2. The predicted octanol–water partition coefficient (Wildman–Crippen LogP) is 3.12. The second-order valence-electron chi connectivity index (χ2n) is 8.50. The lowest BCUT2D eigenvalue weighted by molar-refractivity contribution is -0.116. The molecule has 0 radical (unpaired) electrons. The standard InChI is InChI=1S/C25H29N5O3/c1-28(2)23-25(33)30(21-9-5-4-8-20(21)27-23)17-14-22(31)26-19-12-10-18(11-13-19)24(32)29-15-6-3-7-16-29/h4-5,8-13H,3,6-7,14-17H2,1-2H3,(H,26,31). The van der Waals surface area contributed by atoms with Gasteiger partial charge in [-0.15, -0.1) is 0 Å². The minimum absolute atomic E-state index is 0.0354. The third-order valence-electron chi connectivity index (χ3n) is 5.88. The molecular weight excluding hydrogens is 418 g/mol. The predicted molar refractivity (Wildman–Crippen MR) is 130 cm³/mol.